The minimum absolute atomic E-state index is 0. The van der Waals surface area contributed by atoms with Crippen molar-refractivity contribution in [1.29, 1.82) is 0 Å². The van der Waals surface area contributed by atoms with E-state index in [-0.39, 0.29) is 33.9 Å². The van der Waals surface area contributed by atoms with E-state index >= 15 is 0 Å². The summed E-state index contributed by atoms with van der Waals surface area (Å²) in [6, 6.07) is 3.09. The van der Waals surface area contributed by atoms with Crippen LogP contribution in [0.1, 0.15) is 10.4 Å². The fraction of sp³-hybridized carbons (Fsp3) is 0. The van der Waals surface area contributed by atoms with Gasteiger partial charge in [0.25, 0.3) is 0 Å². The van der Waals surface area contributed by atoms with Crippen LogP contribution in [0.5, 0.6) is 11.5 Å². The summed E-state index contributed by atoms with van der Waals surface area (Å²) in [5.41, 5.74) is -0.331. The molecule has 0 atom stereocenters. The molecule has 13 heavy (non-hydrogen) atoms. The van der Waals surface area contributed by atoms with E-state index in [4.69, 9.17) is 10.2 Å². The second-order valence-electron chi connectivity index (χ2n) is 1.99. The van der Waals surface area contributed by atoms with Crippen LogP contribution in [0.15, 0.2) is 18.2 Å². The van der Waals surface area contributed by atoms with E-state index in [1.54, 1.807) is 0 Å². The SMILES string of the molecule is O=C(O)c1ccc(O)cc1[O-].[Cu+2].[OH-]. The second kappa shape index (κ2) is 5.42. The number of rotatable bonds is 1. The molecule has 3 N–H and O–H groups in total. The van der Waals surface area contributed by atoms with Crippen LogP contribution < -0.4 is 5.11 Å². The van der Waals surface area contributed by atoms with Crippen molar-refractivity contribution < 1.29 is 42.7 Å². The standard InChI is InChI=1S/C7H6O4.Cu.H2O/c8-4-1-2-5(7(10)11)6(9)3-4;;/h1-3,8-9H,(H,10,11);;1H2/q;+2;/p-2. The largest absolute Gasteiger partial charge is 2.00 e. The Morgan fingerprint density at radius 2 is 1.92 bits per heavy atom. The first-order valence-corrected chi connectivity index (χ1v) is 2.84. The van der Waals surface area contributed by atoms with E-state index in [9.17, 15) is 9.90 Å². The number of carbonyl (C=O) groups is 1. The third-order valence-electron chi connectivity index (χ3n) is 1.20. The Kier molecular flexibility index (Phi) is 5.96. The minimum Gasteiger partial charge on any atom is -0.872 e. The molecular formula is C7H6CuO5. The topological polar surface area (TPSA) is 111 Å². The summed E-state index contributed by atoms with van der Waals surface area (Å²) >= 11 is 0. The molecule has 0 unspecified atom stereocenters. The Morgan fingerprint density at radius 1 is 1.38 bits per heavy atom. The van der Waals surface area contributed by atoms with Crippen LogP contribution in [0.2, 0.25) is 0 Å². The van der Waals surface area contributed by atoms with E-state index in [0.29, 0.717) is 0 Å². The third kappa shape index (κ3) is 3.33. The molecule has 0 saturated heterocycles. The molecule has 0 aliphatic carbocycles. The Hall–Kier alpha value is -1.23. The van der Waals surface area contributed by atoms with Gasteiger partial charge in [-0.2, -0.15) is 0 Å². The normalized spacial score (nSPS) is 8.00. The van der Waals surface area contributed by atoms with Crippen molar-refractivity contribution in [3.63, 3.8) is 0 Å². The summed E-state index contributed by atoms with van der Waals surface area (Å²) in [5, 5.41) is 27.8. The van der Waals surface area contributed by atoms with Crippen LogP contribution in [0, 0.1) is 0 Å². The monoisotopic (exact) mass is 233 g/mol. The number of phenols is 1. The molecule has 0 bridgehead atoms. The smallest absolute Gasteiger partial charge is 0.872 e. The molecule has 0 fully saturated rings. The molecule has 5 nitrogen and oxygen atoms in total. The zero-order chi connectivity index (χ0) is 8.43. The van der Waals surface area contributed by atoms with Gasteiger partial charge in [0.15, 0.2) is 0 Å². The minimum atomic E-state index is -1.28. The molecule has 0 heterocycles. The first-order valence-electron chi connectivity index (χ1n) is 2.84. The third-order valence-corrected chi connectivity index (χ3v) is 1.20. The molecule has 1 aromatic carbocycles. The maximum absolute atomic E-state index is 10.7. The van der Waals surface area contributed by atoms with Gasteiger partial charge in [-0.3, -0.25) is 0 Å². The van der Waals surface area contributed by atoms with Crippen molar-refractivity contribution in [2.45, 2.75) is 0 Å². The van der Waals surface area contributed by atoms with Gasteiger partial charge in [-0.05, 0) is 18.2 Å². The molecule has 0 saturated carbocycles. The Bertz CT molecular complexity index is 299. The van der Waals surface area contributed by atoms with Crippen molar-refractivity contribution in [3.8, 4) is 11.5 Å². The van der Waals surface area contributed by atoms with E-state index in [1.165, 1.54) is 0 Å². The van der Waals surface area contributed by atoms with E-state index in [1.807, 2.05) is 0 Å². The fourth-order valence-corrected chi connectivity index (χ4v) is 0.688. The van der Waals surface area contributed by atoms with E-state index < -0.39 is 11.7 Å². The number of aromatic hydroxyl groups is 1. The van der Waals surface area contributed by atoms with E-state index in [0.717, 1.165) is 18.2 Å². The van der Waals surface area contributed by atoms with Crippen molar-refractivity contribution >= 4 is 5.97 Å². The number of carboxylic acids is 1. The molecule has 0 aliphatic rings. The molecule has 0 aromatic heterocycles. The van der Waals surface area contributed by atoms with Crippen molar-refractivity contribution in [2.75, 3.05) is 0 Å². The summed E-state index contributed by atoms with van der Waals surface area (Å²) in [4.78, 5) is 10.3. The van der Waals surface area contributed by atoms with Gasteiger partial charge in [-0.15, -0.1) is 0 Å². The van der Waals surface area contributed by atoms with Gasteiger partial charge in [0, 0.05) is 0 Å². The van der Waals surface area contributed by atoms with Crippen LogP contribution in [0.4, 0.5) is 0 Å². The van der Waals surface area contributed by atoms with Gasteiger partial charge >= 0.3 is 23.0 Å². The van der Waals surface area contributed by atoms with Gasteiger partial charge in [-0.1, -0.05) is 5.75 Å². The number of hydrogen-bond donors (Lipinski definition) is 2. The number of hydrogen-bond acceptors (Lipinski definition) is 4. The molecular weight excluding hydrogens is 228 g/mol. The molecule has 0 amide bonds. The molecule has 1 radical (unpaired) electrons. The number of carboxylic acid groups (broad SMARTS) is 1. The van der Waals surface area contributed by atoms with Crippen LogP contribution in [-0.2, 0) is 17.1 Å². The zero-order valence-electron chi connectivity index (χ0n) is 6.19. The maximum Gasteiger partial charge on any atom is 2.00 e. The van der Waals surface area contributed by atoms with Crippen molar-refractivity contribution in [3.05, 3.63) is 23.8 Å². The summed E-state index contributed by atoms with van der Waals surface area (Å²) < 4.78 is 0. The molecule has 0 aliphatic heterocycles. The summed E-state index contributed by atoms with van der Waals surface area (Å²) in [6.07, 6.45) is 0. The maximum atomic E-state index is 10.7. The summed E-state index contributed by atoms with van der Waals surface area (Å²) in [7, 11) is 0. The first kappa shape index (κ1) is 14.3. The number of benzene rings is 1. The van der Waals surface area contributed by atoms with Crippen LogP contribution >= 0.6 is 0 Å². The Balaban J connectivity index is 0. The number of aromatic carboxylic acids is 1. The molecule has 0 spiro atoms. The van der Waals surface area contributed by atoms with Crippen molar-refractivity contribution in [2.24, 2.45) is 0 Å². The predicted octanol–water partition coefficient (Wildman–Crippen LogP) is -0.0153. The quantitative estimate of drug-likeness (QED) is 0.663. The molecule has 1 rings (SSSR count). The predicted molar refractivity (Wildman–Crippen MR) is 36.4 cm³/mol. The summed E-state index contributed by atoms with van der Waals surface area (Å²) in [5.74, 6) is -2.19. The second-order valence-corrected chi connectivity index (χ2v) is 1.99. The zero-order valence-corrected chi connectivity index (χ0v) is 7.13. The van der Waals surface area contributed by atoms with Gasteiger partial charge in [-0.25, -0.2) is 4.79 Å². The van der Waals surface area contributed by atoms with Crippen molar-refractivity contribution in [1.82, 2.24) is 0 Å². The van der Waals surface area contributed by atoms with Gasteiger partial charge < -0.3 is 20.8 Å². The average Bonchev–Trinajstić information content (AvgIpc) is 1.85. The van der Waals surface area contributed by atoms with Crippen LogP contribution in [0.3, 0.4) is 0 Å². The molecule has 75 valence electrons. The average molecular weight is 234 g/mol. The number of phenolic OH excluding ortho intramolecular Hbond substituents is 1. The molecule has 6 heteroatoms. The fourth-order valence-electron chi connectivity index (χ4n) is 0.688. The van der Waals surface area contributed by atoms with Gasteiger partial charge in [0.2, 0.25) is 0 Å². The Labute approximate surface area is 84.4 Å². The molecule has 1 aromatic rings. The van der Waals surface area contributed by atoms with Crippen LogP contribution in [0.25, 0.3) is 0 Å². The van der Waals surface area contributed by atoms with Gasteiger partial charge in [0.1, 0.15) is 5.75 Å². The Morgan fingerprint density at radius 3 is 2.31 bits per heavy atom. The summed E-state index contributed by atoms with van der Waals surface area (Å²) in [6.45, 7) is 0. The van der Waals surface area contributed by atoms with E-state index in [2.05, 4.69) is 0 Å². The first-order chi connectivity index (χ1) is 5.11. The van der Waals surface area contributed by atoms with Gasteiger partial charge in [0.05, 0.1) is 5.56 Å². The van der Waals surface area contributed by atoms with Crippen LogP contribution in [-0.4, -0.2) is 21.7 Å².